The molecule has 0 N–H and O–H groups in total. The number of benzene rings is 5. The highest BCUT2D eigenvalue weighted by atomic mass is 15.1. The average molecular weight is 679 g/mol. The van der Waals surface area contributed by atoms with Crippen molar-refractivity contribution in [2.75, 3.05) is 0 Å². The van der Waals surface area contributed by atoms with Crippen LogP contribution < -0.4 is 0 Å². The summed E-state index contributed by atoms with van der Waals surface area (Å²) in [7, 11) is 0. The molecule has 5 aromatic carbocycles. The molecule has 0 atom stereocenters. The topological polar surface area (TPSA) is 68.9 Å². The number of rotatable bonds is 6. The van der Waals surface area contributed by atoms with E-state index in [2.05, 4.69) is 131 Å². The van der Waals surface area contributed by atoms with Gasteiger partial charge in [0.05, 0.1) is 22.8 Å². The van der Waals surface area contributed by atoms with E-state index in [0.717, 1.165) is 89.3 Å². The fourth-order valence-corrected chi connectivity index (χ4v) is 7.04. The van der Waals surface area contributed by atoms with E-state index in [1.807, 2.05) is 54.7 Å². The summed E-state index contributed by atoms with van der Waals surface area (Å²) in [5, 5.41) is 2.18. The molecule has 0 bridgehead atoms. The lowest BCUT2D eigenvalue weighted by molar-refractivity contribution is 1.16. The van der Waals surface area contributed by atoms with Gasteiger partial charge < -0.3 is 0 Å². The summed E-state index contributed by atoms with van der Waals surface area (Å²) >= 11 is 0. The molecule has 248 valence electrons. The molecule has 0 unspecified atom stereocenters. The van der Waals surface area contributed by atoms with Crippen LogP contribution in [0.15, 0.2) is 182 Å². The molecule has 6 heteroatoms. The second kappa shape index (κ2) is 12.8. The van der Waals surface area contributed by atoms with Crippen LogP contribution in [0.25, 0.3) is 95.1 Å². The van der Waals surface area contributed by atoms with Crippen LogP contribution in [0.2, 0.25) is 0 Å². The molecule has 0 aliphatic rings. The monoisotopic (exact) mass is 678 g/mol. The molecule has 0 saturated heterocycles. The minimum Gasteiger partial charge on any atom is -0.284 e. The molecule has 0 radical (unpaired) electrons. The van der Waals surface area contributed by atoms with Gasteiger partial charge in [-0.25, -0.2) is 19.9 Å². The zero-order valence-corrected chi connectivity index (χ0v) is 28.5. The third-order valence-corrected chi connectivity index (χ3v) is 9.71. The van der Waals surface area contributed by atoms with Crippen molar-refractivity contribution in [2.45, 2.75) is 0 Å². The van der Waals surface area contributed by atoms with E-state index in [4.69, 9.17) is 19.9 Å². The SMILES string of the molecule is c1ccc(-c2cccc(-c3nc(-c4ccc(-c5ccc(-c6nc7c(nc8ccccn87)c7ccccc67)cc5)cc4)cc(-c4ccccn4)n3)c2)cc1. The lowest BCUT2D eigenvalue weighted by Crippen LogP contribution is -1.97. The Morgan fingerprint density at radius 1 is 0.377 bits per heavy atom. The standard InChI is InChI=1S/C47H30N6/c1-2-11-31(12-3-1)36-13-10-14-37(29-36)46-49-41(30-42(50-46)40-17-6-8-27-48-40)34-23-19-32(20-24-34)33-21-25-35(26-22-33)44-38-15-4-5-16-39(38)45-47(52-44)53-28-9-7-18-43(53)51-45/h1-30H. The van der Waals surface area contributed by atoms with Crippen LogP contribution in [0.5, 0.6) is 0 Å². The zero-order valence-electron chi connectivity index (χ0n) is 28.5. The minimum atomic E-state index is 0.656. The molecule has 0 aliphatic carbocycles. The summed E-state index contributed by atoms with van der Waals surface area (Å²) in [5.41, 5.74) is 13.5. The Morgan fingerprint density at radius 3 is 1.81 bits per heavy atom. The predicted octanol–water partition coefficient (Wildman–Crippen LogP) is 11.2. The molecule has 10 aromatic rings. The van der Waals surface area contributed by atoms with E-state index in [1.165, 1.54) is 0 Å². The van der Waals surface area contributed by atoms with Crippen molar-refractivity contribution < 1.29 is 0 Å². The van der Waals surface area contributed by atoms with Crippen LogP contribution in [0, 0.1) is 0 Å². The van der Waals surface area contributed by atoms with Crippen LogP contribution in [0.4, 0.5) is 0 Å². The summed E-state index contributed by atoms with van der Waals surface area (Å²) in [6.45, 7) is 0. The first-order valence-electron chi connectivity index (χ1n) is 17.6. The highest BCUT2D eigenvalue weighted by molar-refractivity contribution is 6.09. The predicted molar refractivity (Wildman–Crippen MR) is 214 cm³/mol. The Kier molecular flexibility index (Phi) is 7.36. The van der Waals surface area contributed by atoms with Crippen molar-refractivity contribution >= 4 is 27.6 Å². The van der Waals surface area contributed by atoms with Gasteiger partial charge in [-0.15, -0.1) is 0 Å². The van der Waals surface area contributed by atoms with Crippen molar-refractivity contribution in [1.29, 1.82) is 0 Å². The summed E-state index contributed by atoms with van der Waals surface area (Å²) in [5.74, 6) is 0.656. The molecule has 0 amide bonds. The number of aromatic nitrogens is 6. The Hall–Kier alpha value is -7.31. The molecule has 0 spiro atoms. The zero-order chi connectivity index (χ0) is 35.1. The Morgan fingerprint density at radius 2 is 1.02 bits per heavy atom. The molecule has 0 aliphatic heterocycles. The highest BCUT2D eigenvalue weighted by Crippen LogP contribution is 2.35. The summed E-state index contributed by atoms with van der Waals surface area (Å²) in [6.07, 6.45) is 3.82. The number of nitrogens with zero attached hydrogens (tertiary/aromatic N) is 6. The van der Waals surface area contributed by atoms with E-state index < -0.39 is 0 Å². The molecule has 0 fully saturated rings. The number of imidazole rings is 1. The lowest BCUT2D eigenvalue weighted by Gasteiger charge is -2.11. The van der Waals surface area contributed by atoms with Crippen molar-refractivity contribution in [1.82, 2.24) is 29.3 Å². The largest absolute Gasteiger partial charge is 0.284 e. The lowest BCUT2D eigenvalue weighted by atomic mass is 9.98. The summed E-state index contributed by atoms with van der Waals surface area (Å²) in [6, 6.07) is 58.3. The molecule has 5 aromatic heterocycles. The van der Waals surface area contributed by atoms with Crippen LogP contribution in [-0.4, -0.2) is 29.3 Å². The molecular formula is C47H30N6. The maximum Gasteiger partial charge on any atom is 0.165 e. The fraction of sp³-hybridized carbons (Fsp3) is 0. The first-order valence-corrected chi connectivity index (χ1v) is 17.6. The Bertz CT molecular complexity index is 2920. The van der Waals surface area contributed by atoms with Gasteiger partial charge in [0.1, 0.15) is 11.2 Å². The first kappa shape index (κ1) is 30.5. The maximum absolute atomic E-state index is 5.17. The number of hydrogen-bond acceptors (Lipinski definition) is 5. The van der Waals surface area contributed by atoms with Gasteiger partial charge in [0.15, 0.2) is 11.5 Å². The molecule has 10 rings (SSSR count). The third-order valence-electron chi connectivity index (χ3n) is 9.71. The maximum atomic E-state index is 5.17. The van der Waals surface area contributed by atoms with Crippen molar-refractivity contribution in [2.24, 2.45) is 0 Å². The Balaban J connectivity index is 1.00. The summed E-state index contributed by atoms with van der Waals surface area (Å²) in [4.78, 5) is 24.8. The van der Waals surface area contributed by atoms with Crippen LogP contribution >= 0.6 is 0 Å². The van der Waals surface area contributed by atoms with E-state index >= 15 is 0 Å². The number of hydrogen-bond donors (Lipinski definition) is 0. The molecular weight excluding hydrogens is 649 g/mol. The van der Waals surface area contributed by atoms with Crippen LogP contribution in [0.1, 0.15) is 0 Å². The van der Waals surface area contributed by atoms with Crippen molar-refractivity contribution in [3.05, 3.63) is 182 Å². The van der Waals surface area contributed by atoms with E-state index in [9.17, 15) is 0 Å². The second-order valence-electron chi connectivity index (χ2n) is 13.0. The highest BCUT2D eigenvalue weighted by Gasteiger charge is 2.16. The van der Waals surface area contributed by atoms with Gasteiger partial charge in [-0.2, -0.15) is 0 Å². The number of pyridine rings is 3. The number of fused-ring (bicyclic) bond motifs is 5. The van der Waals surface area contributed by atoms with Crippen molar-refractivity contribution in [3.8, 4) is 67.5 Å². The van der Waals surface area contributed by atoms with Gasteiger partial charge in [-0.1, -0.05) is 133 Å². The normalized spacial score (nSPS) is 11.4. The van der Waals surface area contributed by atoms with E-state index in [0.29, 0.717) is 5.82 Å². The van der Waals surface area contributed by atoms with Crippen molar-refractivity contribution in [3.63, 3.8) is 0 Å². The third kappa shape index (κ3) is 5.59. The van der Waals surface area contributed by atoms with Gasteiger partial charge in [0.2, 0.25) is 0 Å². The molecule has 53 heavy (non-hydrogen) atoms. The van der Waals surface area contributed by atoms with Crippen LogP contribution in [0.3, 0.4) is 0 Å². The minimum absolute atomic E-state index is 0.656. The Labute approximate surface area is 305 Å². The fourth-order valence-electron chi connectivity index (χ4n) is 7.04. The van der Waals surface area contributed by atoms with Gasteiger partial charge in [0, 0.05) is 39.9 Å². The molecule has 6 nitrogen and oxygen atoms in total. The van der Waals surface area contributed by atoms with Crippen LogP contribution in [-0.2, 0) is 0 Å². The van der Waals surface area contributed by atoms with Gasteiger partial charge in [0.25, 0.3) is 0 Å². The second-order valence-corrected chi connectivity index (χ2v) is 13.0. The van der Waals surface area contributed by atoms with Gasteiger partial charge >= 0.3 is 0 Å². The average Bonchev–Trinajstić information content (AvgIpc) is 3.63. The first-order chi connectivity index (χ1) is 26.2. The molecule has 0 saturated carbocycles. The molecule has 5 heterocycles. The quantitative estimate of drug-likeness (QED) is 0.175. The van der Waals surface area contributed by atoms with E-state index in [-0.39, 0.29) is 0 Å². The van der Waals surface area contributed by atoms with E-state index in [1.54, 1.807) is 6.20 Å². The van der Waals surface area contributed by atoms with Gasteiger partial charge in [-0.05, 0) is 58.7 Å². The smallest absolute Gasteiger partial charge is 0.165 e. The van der Waals surface area contributed by atoms with Gasteiger partial charge in [-0.3, -0.25) is 9.38 Å². The summed E-state index contributed by atoms with van der Waals surface area (Å²) < 4.78 is 2.06.